The van der Waals surface area contributed by atoms with E-state index in [0.717, 1.165) is 0 Å². The minimum Gasteiger partial charge on any atom is -0.308 e. The quantitative estimate of drug-likeness (QED) is 0.794. The zero-order chi connectivity index (χ0) is 15.4. The van der Waals surface area contributed by atoms with Gasteiger partial charge in [-0.1, -0.05) is 23.2 Å². The summed E-state index contributed by atoms with van der Waals surface area (Å²) in [5, 5.41) is 6.07. The predicted octanol–water partition coefficient (Wildman–Crippen LogP) is 4.84. The molecule has 0 aliphatic heterocycles. The Bertz CT molecular complexity index is 685. The van der Waals surface area contributed by atoms with Gasteiger partial charge >= 0.3 is 6.03 Å². The molecule has 2 aromatic rings. The second kappa shape index (κ2) is 6.61. The van der Waals surface area contributed by atoms with Gasteiger partial charge in [-0.3, -0.25) is 4.79 Å². The van der Waals surface area contributed by atoms with Crippen molar-refractivity contribution in [1.82, 2.24) is 0 Å². The lowest BCUT2D eigenvalue weighted by atomic mass is 10.1. The standard InChI is InChI=1S/C15H12Cl2N2O2/c1-9(20)10-2-4-11(5-3-10)18-15(21)19-12-6-7-13(16)14(17)8-12/h2-8H,1H3,(H2,18,19,21). The van der Waals surface area contributed by atoms with Crippen LogP contribution in [-0.4, -0.2) is 11.8 Å². The minimum absolute atomic E-state index is 0.0261. The number of hydrogen-bond donors (Lipinski definition) is 2. The van der Waals surface area contributed by atoms with Crippen molar-refractivity contribution in [3.05, 3.63) is 58.1 Å². The Hall–Kier alpha value is -2.04. The molecule has 21 heavy (non-hydrogen) atoms. The molecule has 2 amide bonds. The van der Waals surface area contributed by atoms with E-state index in [-0.39, 0.29) is 5.78 Å². The number of urea groups is 1. The molecule has 2 N–H and O–H groups in total. The summed E-state index contributed by atoms with van der Waals surface area (Å²) >= 11 is 11.7. The monoisotopic (exact) mass is 322 g/mol. The molecule has 0 unspecified atom stereocenters. The fraction of sp³-hybridized carbons (Fsp3) is 0.0667. The predicted molar refractivity (Wildman–Crippen MR) is 85.5 cm³/mol. The van der Waals surface area contributed by atoms with E-state index < -0.39 is 6.03 Å². The number of ketones is 1. The second-order valence-electron chi connectivity index (χ2n) is 4.34. The molecule has 0 fully saturated rings. The molecule has 0 radical (unpaired) electrons. The summed E-state index contributed by atoms with van der Waals surface area (Å²) in [7, 11) is 0. The van der Waals surface area contributed by atoms with Gasteiger partial charge in [0.05, 0.1) is 10.0 Å². The van der Waals surface area contributed by atoms with Crippen molar-refractivity contribution in [3.8, 4) is 0 Å². The fourth-order valence-corrected chi connectivity index (χ4v) is 1.95. The van der Waals surface area contributed by atoms with Gasteiger partial charge in [0, 0.05) is 16.9 Å². The molecule has 0 aliphatic rings. The SMILES string of the molecule is CC(=O)c1ccc(NC(=O)Nc2ccc(Cl)c(Cl)c2)cc1. The van der Waals surface area contributed by atoms with Crippen molar-refractivity contribution in [2.45, 2.75) is 6.92 Å². The second-order valence-corrected chi connectivity index (χ2v) is 5.16. The van der Waals surface area contributed by atoms with E-state index in [0.29, 0.717) is 27.0 Å². The summed E-state index contributed by atoms with van der Waals surface area (Å²) in [5.41, 5.74) is 1.70. The van der Waals surface area contributed by atoms with E-state index in [1.54, 1.807) is 42.5 Å². The average molecular weight is 323 g/mol. The Morgan fingerprint density at radius 1 is 0.857 bits per heavy atom. The van der Waals surface area contributed by atoms with Crippen molar-refractivity contribution >= 4 is 46.4 Å². The molecule has 0 atom stereocenters. The van der Waals surface area contributed by atoms with E-state index in [1.165, 1.54) is 6.92 Å². The highest BCUT2D eigenvalue weighted by atomic mass is 35.5. The van der Waals surface area contributed by atoms with Crippen LogP contribution in [0.5, 0.6) is 0 Å². The number of hydrogen-bond acceptors (Lipinski definition) is 2. The molecule has 108 valence electrons. The number of anilines is 2. The maximum absolute atomic E-state index is 11.8. The number of rotatable bonds is 3. The van der Waals surface area contributed by atoms with E-state index in [1.807, 2.05) is 0 Å². The number of nitrogens with one attached hydrogen (secondary N) is 2. The molecule has 0 aromatic heterocycles. The van der Waals surface area contributed by atoms with Gasteiger partial charge in [-0.2, -0.15) is 0 Å². The summed E-state index contributed by atoms with van der Waals surface area (Å²) < 4.78 is 0. The molecule has 0 aliphatic carbocycles. The third kappa shape index (κ3) is 4.21. The van der Waals surface area contributed by atoms with Gasteiger partial charge in [0.1, 0.15) is 0 Å². The molecule has 0 saturated heterocycles. The van der Waals surface area contributed by atoms with Crippen LogP contribution in [0.1, 0.15) is 17.3 Å². The summed E-state index contributed by atoms with van der Waals surface area (Å²) in [4.78, 5) is 23.0. The van der Waals surface area contributed by atoms with Crippen LogP contribution >= 0.6 is 23.2 Å². The Kier molecular flexibility index (Phi) is 4.83. The highest BCUT2D eigenvalue weighted by Gasteiger charge is 2.05. The molecule has 2 aromatic carbocycles. The minimum atomic E-state index is -0.413. The number of carbonyl (C=O) groups excluding carboxylic acids is 2. The smallest absolute Gasteiger partial charge is 0.308 e. The first kappa shape index (κ1) is 15.4. The van der Waals surface area contributed by atoms with Gasteiger partial charge < -0.3 is 10.6 Å². The van der Waals surface area contributed by atoms with Crippen molar-refractivity contribution in [2.24, 2.45) is 0 Å². The van der Waals surface area contributed by atoms with Crippen molar-refractivity contribution in [1.29, 1.82) is 0 Å². The van der Waals surface area contributed by atoms with Gasteiger partial charge in [-0.15, -0.1) is 0 Å². The molecular weight excluding hydrogens is 311 g/mol. The van der Waals surface area contributed by atoms with Gasteiger partial charge in [0.15, 0.2) is 5.78 Å². The van der Waals surface area contributed by atoms with Crippen LogP contribution in [0.25, 0.3) is 0 Å². The van der Waals surface area contributed by atoms with Crippen LogP contribution in [0.3, 0.4) is 0 Å². The highest BCUT2D eigenvalue weighted by molar-refractivity contribution is 6.42. The average Bonchev–Trinajstić information content (AvgIpc) is 2.43. The topological polar surface area (TPSA) is 58.2 Å². The third-order valence-electron chi connectivity index (χ3n) is 2.73. The lowest BCUT2D eigenvalue weighted by molar-refractivity contribution is 0.101. The molecule has 6 heteroatoms. The number of benzene rings is 2. The molecule has 0 bridgehead atoms. The van der Waals surface area contributed by atoms with Crippen LogP contribution in [0.2, 0.25) is 10.0 Å². The van der Waals surface area contributed by atoms with Gasteiger partial charge in [0.25, 0.3) is 0 Å². The normalized spacial score (nSPS) is 10.0. The molecule has 0 heterocycles. The number of halogens is 2. The van der Waals surface area contributed by atoms with Crippen LogP contribution in [0.4, 0.5) is 16.2 Å². The fourth-order valence-electron chi connectivity index (χ4n) is 1.66. The zero-order valence-corrected chi connectivity index (χ0v) is 12.6. The van der Waals surface area contributed by atoms with Crippen molar-refractivity contribution in [3.63, 3.8) is 0 Å². The lowest BCUT2D eigenvalue weighted by Gasteiger charge is -2.08. The lowest BCUT2D eigenvalue weighted by Crippen LogP contribution is -2.19. The first-order valence-electron chi connectivity index (χ1n) is 6.10. The first-order valence-corrected chi connectivity index (χ1v) is 6.85. The molecule has 0 spiro atoms. The Labute approximate surface area is 132 Å². The number of amides is 2. The Morgan fingerprint density at radius 2 is 1.43 bits per heavy atom. The van der Waals surface area contributed by atoms with Gasteiger partial charge in [-0.25, -0.2) is 4.79 Å². The summed E-state index contributed by atoms with van der Waals surface area (Å²) in [6, 6.07) is 11.0. The van der Waals surface area contributed by atoms with Crippen LogP contribution < -0.4 is 10.6 Å². The van der Waals surface area contributed by atoms with E-state index in [4.69, 9.17) is 23.2 Å². The zero-order valence-electron chi connectivity index (χ0n) is 11.1. The van der Waals surface area contributed by atoms with Gasteiger partial charge in [0.2, 0.25) is 0 Å². The van der Waals surface area contributed by atoms with Gasteiger partial charge in [-0.05, 0) is 49.4 Å². The molecule has 4 nitrogen and oxygen atoms in total. The summed E-state index contributed by atoms with van der Waals surface area (Å²) in [6.45, 7) is 1.49. The Balaban J connectivity index is 2.01. The van der Waals surface area contributed by atoms with Crippen LogP contribution in [-0.2, 0) is 0 Å². The summed E-state index contributed by atoms with van der Waals surface area (Å²) in [6.07, 6.45) is 0. The third-order valence-corrected chi connectivity index (χ3v) is 3.47. The van der Waals surface area contributed by atoms with Crippen LogP contribution in [0, 0.1) is 0 Å². The number of Topliss-reactive ketones (excluding diaryl/α,β-unsaturated/α-hetero) is 1. The van der Waals surface area contributed by atoms with E-state index in [2.05, 4.69) is 10.6 Å². The largest absolute Gasteiger partial charge is 0.323 e. The van der Waals surface area contributed by atoms with E-state index >= 15 is 0 Å². The van der Waals surface area contributed by atoms with E-state index in [9.17, 15) is 9.59 Å². The Morgan fingerprint density at radius 3 is 2.00 bits per heavy atom. The van der Waals surface area contributed by atoms with Crippen molar-refractivity contribution < 1.29 is 9.59 Å². The van der Waals surface area contributed by atoms with Crippen molar-refractivity contribution in [2.75, 3.05) is 10.6 Å². The summed E-state index contributed by atoms with van der Waals surface area (Å²) in [5.74, 6) is -0.0261. The maximum atomic E-state index is 11.8. The first-order chi connectivity index (χ1) is 9.95. The maximum Gasteiger partial charge on any atom is 0.323 e. The number of carbonyl (C=O) groups is 2. The van der Waals surface area contributed by atoms with Crippen LogP contribution in [0.15, 0.2) is 42.5 Å². The molecule has 2 rings (SSSR count). The highest BCUT2D eigenvalue weighted by Crippen LogP contribution is 2.25. The molecule has 0 saturated carbocycles. The molecular formula is C15H12Cl2N2O2.